The maximum Gasteiger partial charge on any atom is 0.224 e. The molecule has 3 rings (SSSR count). The molecule has 2 unspecified atom stereocenters. The highest BCUT2D eigenvalue weighted by molar-refractivity contribution is 5.82. The number of nitrogens with one attached hydrogen (secondary N) is 1. The summed E-state index contributed by atoms with van der Waals surface area (Å²) in [7, 11) is 0. The lowest BCUT2D eigenvalue weighted by atomic mass is 9.85. The predicted octanol–water partition coefficient (Wildman–Crippen LogP) is 0.500. The molecule has 1 amide bonds. The van der Waals surface area contributed by atoms with E-state index in [2.05, 4.69) is 10.2 Å². The van der Waals surface area contributed by atoms with Crippen LogP contribution in [0.5, 0.6) is 0 Å². The molecule has 3 aliphatic rings. The molecular weight excluding hydrogens is 216 g/mol. The van der Waals surface area contributed by atoms with Crippen molar-refractivity contribution in [3.8, 4) is 0 Å². The van der Waals surface area contributed by atoms with Gasteiger partial charge in [-0.3, -0.25) is 9.69 Å². The fourth-order valence-corrected chi connectivity index (χ4v) is 3.88. The van der Waals surface area contributed by atoms with Crippen LogP contribution in [-0.4, -0.2) is 47.2 Å². The zero-order chi connectivity index (χ0) is 11.8. The first-order valence-electron chi connectivity index (χ1n) is 6.99. The summed E-state index contributed by atoms with van der Waals surface area (Å²) in [5, 5.41) is 13.1. The van der Waals surface area contributed by atoms with Gasteiger partial charge in [-0.15, -0.1) is 0 Å². The summed E-state index contributed by atoms with van der Waals surface area (Å²) in [6, 6.07) is 0.637. The third-order valence-electron chi connectivity index (χ3n) is 4.76. The number of hydrogen-bond acceptors (Lipinski definition) is 3. The number of rotatable bonds is 1. The molecule has 1 saturated carbocycles. The highest BCUT2D eigenvalue weighted by Crippen LogP contribution is 2.33. The van der Waals surface area contributed by atoms with Gasteiger partial charge in [-0.25, -0.2) is 0 Å². The summed E-state index contributed by atoms with van der Waals surface area (Å²) in [5.74, 6) is 0.405. The van der Waals surface area contributed by atoms with Crippen molar-refractivity contribution in [1.82, 2.24) is 10.2 Å². The number of likely N-dealkylation sites (tertiary alicyclic amines) is 1. The van der Waals surface area contributed by atoms with Crippen molar-refractivity contribution < 1.29 is 9.90 Å². The predicted molar refractivity (Wildman–Crippen MR) is 64.5 cm³/mol. The molecule has 4 nitrogen and oxygen atoms in total. The number of carbonyl (C=O) groups is 1. The average molecular weight is 238 g/mol. The average Bonchev–Trinajstić information content (AvgIpc) is 2.72. The van der Waals surface area contributed by atoms with Crippen molar-refractivity contribution in [3.05, 3.63) is 0 Å². The van der Waals surface area contributed by atoms with E-state index in [0.717, 1.165) is 45.2 Å². The van der Waals surface area contributed by atoms with Crippen molar-refractivity contribution in [2.75, 3.05) is 13.1 Å². The lowest BCUT2D eigenvalue weighted by Gasteiger charge is -2.44. The molecular formula is C13H22N2O2. The van der Waals surface area contributed by atoms with Crippen LogP contribution in [0.2, 0.25) is 0 Å². The summed E-state index contributed by atoms with van der Waals surface area (Å²) >= 11 is 0. The van der Waals surface area contributed by atoms with Crippen molar-refractivity contribution in [1.29, 1.82) is 0 Å². The Morgan fingerprint density at radius 1 is 1.12 bits per heavy atom. The summed E-state index contributed by atoms with van der Waals surface area (Å²) in [6.07, 6.45) is 6.33. The van der Waals surface area contributed by atoms with Gasteiger partial charge in [0.05, 0.1) is 12.0 Å². The van der Waals surface area contributed by atoms with Gasteiger partial charge in [0.2, 0.25) is 5.91 Å². The highest BCUT2D eigenvalue weighted by Gasteiger charge is 2.44. The van der Waals surface area contributed by atoms with Crippen LogP contribution in [0.4, 0.5) is 0 Å². The van der Waals surface area contributed by atoms with E-state index in [1.54, 1.807) is 0 Å². The number of carbonyl (C=O) groups excluding carboxylic acids is 1. The van der Waals surface area contributed by atoms with Gasteiger partial charge in [0.25, 0.3) is 0 Å². The van der Waals surface area contributed by atoms with Gasteiger partial charge >= 0.3 is 0 Å². The van der Waals surface area contributed by atoms with Crippen molar-refractivity contribution in [3.63, 3.8) is 0 Å². The third kappa shape index (κ3) is 1.97. The number of hydrogen-bond donors (Lipinski definition) is 2. The quantitative estimate of drug-likeness (QED) is 0.699. The van der Waals surface area contributed by atoms with Gasteiger partial charge in [-0.05, 0) is 32.2 Å². The van der Waals surface area contributed by atoms with Crippen LogP contribution in [0.15, 0.2) is 0 Å². The topological polar surface area (TPSA) is 52.6 Å². The van der Waals surface area contributed by atoms with Crippen molar-refractivity contribution in [2.45, 2.75) is 56.7 Å². The largest absolute Gasteiger partial charge is 0.391 e. The van der Waals surface area contributed by atoms with Crippen molar-refractivity contribution >= 4 is 5.91 Å². The van der Waals surface area contributed by atoms with Crippen LogP contribution >= 0.6 is 0 Å². The summed E-state index contributed by atoms with van der Waals surface area (Å²) in [6.45, 7) is 1.84. The van der Waals surface area contributed by atoms with Gasteiger partial charge in [0.1, 0.15) is 0 Å². The molecule has 0 bridgehead atoms. The van der Waals surface area contributed by atoms with E-state index in [9.17, 15) is 9.90 Å². The zero-order valence-electron chi connectivity index (χ0n) is 10.3. The molecule has 0 aromatic carbocycles. The van der Waals surface area contributed by atoms with Crippen LogP contribution in [0.1, 0.15) is 38.5 Å². The molecule has 2 N–H and O–H groups in total. The molecule has 2 heterocycles. The Morgan fingerprint density at radius 3 is 2.76 bits per heavy atom. The van der Waals surface area contributed by atoms with Crippen molar-refractivity contribution in [2.24, 2.45) is 5.92 Å². The summed E-state index contributed by atoms with van der Waals surface area (Å²) in [5.41, 5.74) is 0. The molecule has 4 heteroatoms. The minimum atomic E-state index is -0.182. The Balaban J connectivity index is 1.75. The van der Waals surface area contributed by atoms with E-state index < -0.39 is 0 Å². The Kier molecular flexibility index (Phi) is 3.09. The fraction of sp³-hybridized carbons (Fsp3) is 0.923. The minimum absolute atomic E-state index is 0.179. The molecule has 0 spiro atoms. The molecule has 2 saturated heterocycles. The second-order valence-corrected chi connectivity index (χ2v) is 5.72. The standard InChI is InChI=1S/C13H22N2O2/c16-12-6-2-1-5-10(12)15-7-3-4-9-11(15)8-14-13(9)17/h9-12,16H,1-8H2,(H,14,17)/t9?,10-,11?,12-/m1/s1. The van der Waals surface area contributed by atoms with Gasteiger partial charge in [0, 0.05) is 18.6 Å². The first kappa shape index (κ1) is 11.5. The van der Waals surface area contributed by atoms with E-state index in [1.807, 2.05) is 0 Å². The lowest BCUT2D eigenvalue weighted by molar-refractivity contribution is -0.125. The van der Waals surface area contributed by atoms with Crippen LogP contribution < -0.4 is 5.32 Å². The smallest absolute Gasteiger partial charge is 0.224 e. The van der Waals surface area contributed by atoms with Crippen LogP contribution in [0.3, 0.4) is 0 Å². The van der Waals surface area contributed by atoms with E-state index in [0.29, 0.717) is 12.1 Å². The molecule has 4 atom stereocenters. The lowest BCUT2D eigenvalue weighted by Crippen LogP contribution is -2.55. The second-order valence-electron chi connectivity index (χ2n) is 5.72. The van der Waals surface area contributed by atoms with Crippen LogP contribution in [0.25, 0.3) is 0 Å². The van der Waals surface area contributed by atoms with E-state index in [1.165, 1.54) is 6.42 Å². The third-order valence-corrected chi connectivity index (χ3v) is 4.76. The number of amides is 1. The van der Waals surface area contributed by atoms with Gasteiger partial charge < -0.3 is 10.4 Å². The second kappa shape index (κ2) is 4.58. The molecule has 96 valence electrons. The van der Waals surface area contributed by atoms with E-state index >= 15 is 0 Å². The number of aliphatic hydroxyl groups excluding tert-OH is 1. The molecule has 1 aliphatic carbocycles. The van der Waals surface area contributed by atoms with Crippen LogP contribution in [0, 0.1) is 5.92 Å². The van der Waals surface area contributed by atoms with Gasteiger partial charge in [-0.2, -0.15) is 0 Å². The SMILES string of the molecule is O=C1NCC2C1CCCN2[C@@H]1CCCC[C@H]1O. The normalized spacial score (nSPS) is 43.2. The van der Waals surface area contributed by atoms with Gasteiger partial charge in [-0.1, -0.05) is 12.8 Å². The highest BCUT2D eigenvalue weighted by atomic mass is 16.3. The fourth-order valence-electron chi connectivity index (χ4n) is 3.88. The number of fused-ring (bicyclic) bond motifs is 1. The molecule has 2 aliphatic heterocycles. The number of aliphatic hydroxyl groups is 1. The monoisotopic (exact) mass is 238 g/mol. The Bertz CT molecular complexity index is 308. The first-order valence-corrected chi connectivity index (χ1v) is 6.99. The number of nitrogens with zero attached hydrogens (tertiary/aromatic N) is 1. The molecule has 0 radical (unpaired) electrons. The van der Waals surface area contributed by atoms with E-state index in [-0.39, 0.29) is 17.9 Å². The summed E-state index contributed by atoms with van der Waals surface area (Å²) in [4.78, 5) is 14.1. The van der Waals surface area contributed by atoms with Gasteiger partial charge in [0.15, 0.2) is 0 Å². The Hall–Kier alpha value is -0.610. The zero-order valence-corrected chi connectivity index (χ0v) is 10.3. The summed E-state index contributed by atoms with van der Waals surface area (Å²) < 4.78 is 0. The van der Waals surface area contributed by atoms with E-state index in [4.69, 9.17) is 0 Å². The maximum absolute atomic E-state index is 11.7. The van der Waals surface area contributed by atoms with Crippen LogP contribution in [-0.2, 0) is 4.79 Å². The minimum Gasteiger partial charge on any atom is -0.391 e. The molecule has 3 fully saturated rings. The first-order chi connectivity index (χ1) is 8.27. The Labute approximate surface area is 102 Å². The molecule has 0 aromatic rings. The molecule has 0 aromatic heterocycles. The Morgan fingerprint density at radius 2 is 1.94 bits per heavy atom. The number of piperidine rings is 1. The maximum atomic E-state index is 11.7. The molecule has 17 heavy (non-hydrogen) atoms.